The van der Waals surface area contributed by atoms with E-state index >= 15 is 0 Å². The van der Waals surface area contributed by atoms with Crippen LogP contribution in [-0.2, 0) is 0 Å². The molecule has 0 atom stereocenters. The standard InChI is InChI=1S/C48H31NO/c1-2-12-32(13-3-1)44-30-35-15-6-7-16-40(35)46-43-21-10-22-45(47(43)50-48(44)46)49-37-27-25-33(26-28-37)38-17-8-20-42-39(18-9-19-41(38)42)36-24-23-31-11-4-5-14-34(31)29-36/h1-30,49H. The second-order valence-electron chi connectivity index (χ2n) is 13.0. The van der Waals surface area contributed by atoms with Crippen LogP contribution >= 0.6 is 0 Å². The number of fused-ring (bicyclic) bond motifs is 7. The van der Waals surface area contributed by atoms with E-state index in [0.717, 1.165) is 44.4 Å². The molecule has 9 aromatic carbocycles. The number of para-hydroxylation sites is 1. The Hall–Kier alpha value is -6.64. The van der Waals surface area contributed by atoms with Gasteiger partial charge >= 0.3 is 0 Å². The molecule has 0 saturated heterocycles. The molecule has 0 aliphatic rings. The van der Waals surface area contributed by atoms with Gasteiger partial charge in [0.25, 0.3) is 0 Å². The van der Waals surface area contributed by atoms with Gasteiger partial charge in [-0.15, -0.1) is 0 Å². The molecule has 0 amide bonds. The van der Waals surface area contributed by atoms with Crippen LogP contribution in [0.15, 0.2) is 186 Å². The van der Waals surface area contributed by atoms with Crippen molar-refractivity contribution in [3.05, 3.63) is 182 Å². The number of hydrogen-bond acceptors (Lipinski definition) is 2. The van der Waals surface area contributed by atoms with E-state index in [0.29, 0.717) is 0 Å². The largest absolute Gasteiger partial charge is 0.453 e. The van der Waals surface area contributed by atoms with E-state index in [9.17, 15) is 0 Å². The summed E-state index contributed by atoms with van der Waals surface area (Å²) in [6.07, 6.45) is 0. The van der Waals surface area contributed by atoms with Gasteiger partial charge in [-0.05, 0) is 90.5 Å². The zero-order valence-electron chi connectivity index (χ0n) is 27.2. The van der Waals surface area contributed by atoms with Crippen molar-refractivity contribution in [3.63, 3.8) is 0 Å². The first-order valence-electron chi connectivity index (χ1n) is 17.1. The van der Waals surface area contributed by atoms with Gasteiger partial charge < -0.3 is 9.73 Å². The van der Waals surface area contributed by atoms with Crippen molar-refractivity contribution < 1.29 is 4.42 Å². The number of benzene rings is 9. The average molecular weight is 638 g/mol. The summed E-state index contributed by atoms with van der Waals surface area (Å²) in [5, 5.41) is 13.3. The second-order valence-corrected chi connectivity index (χ2v) is 13.0. The Morgan fingerprint density at radius 2 is 0.940 bits per heavy atom. The van der Waals surface area contributed by atoms with Crippen LogP contribution in [0.25, 0.3) is 87.6 Å². The third-order valence-corrected chi connectivity index (χ3v) is 10.0. The first-order chi connectivity index (χ1) is 24.8. The molecule has 1 N–H and O–H groups in total. The van der Waals surface area contributed by atoms with Crippen LogP contribution in [0.3, 0.4) is 0 Å². The van der Waals surface area contributed by atoms with Crippen LogP contribution in [0.2, 0.25) is 0 Å². The molecular formula is C48H31NO. The first-order valence-corrected chi connectivity index (χ1v) is 17.1. The maximum absolute atomic E-state index is 6.80. The minimum atomic E-state index is 0.857. The van der Waals surface area contributed by atoms with Crippen molar-refractivity contribution in [2.75, 3.05) is 5.32 Å². The molecule has 1 aromatic heterocycles. The van der Waals surface area contributed by atoms with Crippen molar-refractivity contribution in [2.24, 2.45) is 0 Å². The Balaban J connectivity index is 1.03. The molecule has 0 fully saturated rings. The summed E-state index contributed by atoms with van der Waals surface area (Å²) in [7, 11) is 0. The van der Waals surface area contributed by atoms with Gasteiger partial charge in [0, 0.05) is 22.0 Å². The summed E-state index contributed by atoms with van der Waals surface area (Å²) >= 11 is 0. The zero-order valence-corrected chi connectivity index (χ0v) is 27.2. The molecule has 0 saturated carbocycles. The Bertz CT molecular complexity index is 2880. The van der Waals surface area contributed by atoms with Gasteiger partial charge in [-0.2, -0.15) is 0 Å². The fourth-order valence-corrected chi connectivity index (χ4v) is 7.64. The topological polar surface area (TPSA) is 25.2 Å². The SMILES string of the molecule is c1ccc(-c2cc3ccccc3c3c2oc2c(Nc4ccc(-c5cccc6c(-c7ccc8ccccc8c7)cccc56)cc4)cccc23)cc1. The van der Waals surface area contributed by atoms with Crippen LogP contribution in [0.4, 0.5) is 11.4 Å². The van der Waals surface area contributed by atoms with E-state index in [1.54, 1.807) is 0 Å². The maximum atomic E-state index is 6.80. The summed E-state index contributed by atoms with van der Waals surface area (Å²) < 4.78 is 6.80. The van der Waals surface area contributed by atoms with Crippen LogP contribution in [-0.4, -0.2) is 0 Å². The molecule has 2 heteroatoms. The third-order valence-electron chi connectivity index (χ3n) is 10.0. The molecule has 10 aromatic rings. The van der Waals surface area contributed by atoms with Crippen LogP contribution in [0, 0.1) is 0 Å². The molecule has 50 heavy (non-hydrogen) atoms. The maximum Gasteiger partial charge on any atom is 0.158 e. The Kier molecular flexibility index (Phi) is 6.53. The smallest absolute Gasteiger partial charge is 0.158 e. The summed E-state index contributed by atoms with van der Waals surface area (Å²) in [6.45, 7) is 0. The minimum absolute atomic E-state index is 0.857. The lowest BCUT2D eigenvalue weighted by atomic mass is 9.92. The summed E-state index contributed by atoms with van der Waals surface area (Å²) in [5.41, 5.74) is 10.8. The molecular weight excluding hydrogens is 607 g/mol. The highest BCUT2D eigenvalue weighted by atomic mass is 16.3. The molecule has 0 spiro atoms. The van der Waals surface area contributed by atoms with Crippen molar-refractivity contribution in [1.29, 1.82) is 0 Å². The van der Waals surface area contributed by atoms with E-state index in [4.69, 9.17) is 4.42 Å². The fraction of sp³-hybridized carbons (Fsp3) is 0. The highest BCUT2D eigenvalue weighted by molar-refractivity contribution is 6.24. The fourth-order valence-electron chi connectivity index (χ4n) is 7.64. The Labute approximate surface area is 289 Å². The van der Waals surface area contributed by atoms with Gasteiger partial charge in [-0.1, -0.05) is 152 Å². The van der Waals surface area contributed by atoms with Gasteiger partial charge in [0.2, 0.25) is 0 Å². The summed E-state index contributed by atoms with van der Waals surface area (Å²) in [4.78, 5) is 0. The first kappa shape index (κ1) is 28.4. The summed E-state index contributed by atoms with van der Waals surface area (Å²) in [6, 6.07) is 65.0. The molecule has 0 bridgehead atoms. The van der Waals surface area contributed by atoms with E-state index < -0.39 is 0 Å². The number of rotatable bonds is 5. The number of furan rings is 1. The Morgan fingerprint density at radius 3 is 1.74 bits per heavy atom. The molecule has 0 unspecified atom stereocenters. The molecule has 2 nitrogen and oxygen atoms in total. The predicted octanol–water partition coefficient (Wildman–Crippen LogP) is 13.8. The average Bonchev–Trinajstić information content (AvgIpc) is 3.59. The van der Waals surface area contributed by atoms with Crippen LogP contribution in [0.5, 0.6) is 0 Å². The van der Waals surface area contributed by atoms with Gasteiger partial charge in [0.1, 0.15) is 5.58 Å². The van der Waals surface area contributed by atoms with E-state index in [1.165, 1.54) is 54.6 Å². The lowest BCUT2D eigenvalue weighted by Crippen LogP contribution is -1.91. The lowest BCUT2D eigenvalue weighted by molar-refractivity contribution is 0.671. The van der Waals surface area contributed by atoms with Crippen molar-refractivity contribution in [1.82, 2.24) is 0 Å². The Morgan fingerprint density at radius 1 is 0.340 bits per heavy atom. The highest BCUT2D eigenvalue weighted by Crippen LogP contribution is 2.43. The molecule has 234 valence electrons. The number of nitrogens with one attached hydrogen (secondary N) is 1. The zero-order chi connectivity index (χ0) is 33.0. The van der Waals surface area contributed by atoms with Crippen molar-refractivity contribution >= 4 is 65.6 Å². The monoisotopic (exact) mass is 637 g/mol. The number of hydrogen-bond donors (Lipinski definition) is 1. The van der Waals surface area contributed by atoms with E-state index in [-0.39, 0.29) is 0 Å². The van der Waals surface area contributed by atoms with Gasteiger partial charge in [-0.3, -0.25) is 0 Å². The van der Waals surface area contributed by atoms with Gasteiger partial charge in [0.05, 0.1) is 5.69 Å². The van der Waals surface area contributed by atoms with Gasteiger partial charge in [0.15, 0.2) is 5.58 Å². The van der Waals surface area contributed by atoms with Crippen molar-refractivity contribution in [3.8, 4) is 33.4 Å². The normalized spacial score (nSPS) is 11.6. The van der Waals surface area contributed by atoms with Crippen LogP contribution < -0.4 is 5.32 Å². The highest BCUT2D eigenvalue weighted by Gasteiger charge is 2.18. The third kappa shape index (κ3) is 4.65. The summed E-state index contributed by atoms with van der Waals surface area (Å²) in [5.74, 6) is 0. The number of anilines is 2. The van der Waals surface area contributed by atoms with Crippen molar-refractivity contribution in [2.45, 2.75) is 0 Å². The molecule has 1 heterocycles. The molecule has 0 aliphatic heterocycles. The predicted molar refractivity (Wildman–Crippen MR) is 212 cm³/mol. The molecule has 0 aliphatic carbocycles. The van der Waals surface area contributed by atoms with E-state index in [1.807, 2.05) is 0 Å². The molecule has 0 radical (unpaired) electrons. The molecule has 10 rings (SSSR count). The van der Waals surface area contributed by atoms with Crippen LogP contribution in [0.1, 0.15) is 0 Å². The lowest BCUT2D eigenvalue weighted by Gasteiger charge is -2.13. The van der Waals surface area contributed by atoms with Gasteiger partial charge in [-0.25, -0.2) is 0 Å². The quantitative estimate of drug-likeness (QED) is 0.203. The second kappa shape index (κ2) is 11.5. The van der Waals surface area contributed by atoms with E-state index in [2.05, 4.69) is 187 Å². The minimum Gasteiger partial charge on any atom is -0.453 e.